The molecule has 0 saturated carbocycles. The van der Waals surface area contributed by atoms with Crippen molar-refractivity contribution in [2.75, 3.05) is 21.3 Å². The number of furan rings is 1. The number of amides is 1. The summed E-state index contributed by atoms with van der Waals surface area (Å²) in [7, 11) is 4.77. The first-order valence-electron chi connectivity index (χ1n) is 8.36. The van der Waals surface area contributed by atoms with Gasteiger partial charge in [-0.05, 0) is 47.5 Å². The second kappa shape index (κ2) is 8.31. The highest BCUT2D eigenvalue weighted by Crippen LogP contribution is 2.33. The minimum atomic E-state index is -0.409. The molecule has 1 atom stereocenters. The molecular weight excluding hydrogens is 346 g/mol. The van der Waals surface area contributed by atoms with Gasteiger partial charge in [0, 0.05) is 0 Å². The van der Waals surface area contributed by atoms with Crippen molar-refractivity contribution in [2.45, 2.75) is 6.04 Å². The molecule has 27 heavy (non-hydrogen) atoms. The minimum Gasteiger partial charge on any atom is -0.497 e. The van der Waals surface area contributed by atoms with E-state index in [1.807, 2.05) is 42.5 Å². The number of nitrogens with one attached hydrogen (secondary N) is 1. The molecule has 0 bridgehead atoms. The summed E-state index contributed by atoms with van der Waals surface area (Å²) in [5.74, 6) is 1.87. The van der Waals surface area contributed by atoms with Crippen molar-refractivity contribution >= 4 is 5.91 Å². The lowest BCUT2D eigenvalue weighted by Gasteiger charge is -2.21. The highest BCUT2D eigenvalue weighted by molar-refractivity contribution is 5.92. The maximum absolute atomic E-state index is 12.6. The van der Waals surface area contributed by atoms with Crippen LogP contribution in [0.15, 0.2) is 65.3 Å². The van der Waals surface area contributed by atoms with Gasteiger partial charge in [-0.3, -0.25) is 4.79 Å². The Morgan fingerprint density at radius 2 is 1.59 bits per heavy atom. The molecule has 1 aromatic heterocycles. The van der Waals surface area contributed by atoms with Crippen molar-refractivity contribution in [1.29, 1.82) is 0 Å². The fourth-order valence-corrected chi connectivity index (χ4v) is 2.80. The third-order valence-corrected chi connectivity index (χ3v) is 4.21. The van der Waals surface area contributed by atoms with Gasteiger partial charge in [0.2, 0.25) is 0 Å². The molecule has 1 amide bonds. The van der Waals surface area contributed by atoms with Crippen LogP contribution >= 0.6 is 0 Å². The third-order valence-electron chi connectivity index (χ3n) is 4.21. The van der Waals surface area contributed by atoms with Gasteiger partial charge >= 0.3 is 0 Å². The Morgan fingerprint density at radius 1 is 0.889 bits per heavy atom. The van der Waals surface area contributed by atoms with E-state index in [-0.39, 0.29) is 11.7 Å². The second-order valence-electron chi connectivity index (χ2n) is 5.77. The molecule has 3 aromatic rings. The summed E-state index contributed by atoms with van der Waals surface area (Å²) in [6.45, 7) is 0. The van der Waals surface area contributed by atoms with Crippen LogP contribution in [-0.2, 0) is 0 Å². The number of hydrogen-bond acceptors (Lipinski definition) is 5. The topological polar surface area (TPSA) is 69.9 Å². The van der Waals surface area contributed by atoms with Crippen LogP contribution < -0.4 is 19.5 Å². The number of rotatable bonds is 7. The van der Waals surface area contributed by atoms with E-state index in [1.165, 1.54) is 6.26 Å². The van der Waals surface area contributed by atoms with Crippen LogP contribution in [0.25, 0.3) is 0 Å². The molecule has 0 aliphatic carbocycles. The van der Waals surface area contributed by atoms with Gasteiger partial charge in [-0.1, -0.05) is 18.2 Å². The standard InChI is InChI=1S/C21H21NO5/c1-24-16-9-6-14(7-10-16)20(22-21(23)18-5-4-12-27-18)15-8-11-17(25-2)19(13-15)26-3/h4-13,20H,1-3H3,(H,22,23)/t20-/m1/s1. The van der Waals surface area contributed by atoms with Crippen molar-refractivity contribution in [2.24, 2.45) is 0 Å². The van der Waals surface area contributed by atoms with E-state index in [1.54, 1.807) is 33.5 Å². The fraction of sp³-hybridized carbons (Fsp3) is 0.190. The molecule has 0 fully saturated rings. The Kier molecular flexibility index (Phi) is 5.66. The molecule has 0 spiro atoms. The van der Waals surface area contributed by atoms with Gasteiger partial charge in [0.25, 0.3) is 5.91 Å². The monoisotopic (exact) mass is 367 g/mol. The molecule has 0 aliphatic rings. The van der Waals surface area contributed by atoms with Crippen molar-refractivity contribution in [3.63, 3.8) is 0 Å². The Hall–Kier alpha value is -3.41. The van der Waals surface area contributed by atoms with Crippen LogP contribution in [0, 0.1) is 0 Å². The summed E-state index contributed by atoms with van der Waals surface area (Å²) in [5.41, 5.74) is 1.74. The lowest BCUT2D eigenvalue weighted by atomic mass is 9.98. The molecule has 0 saturated heterocycles. The molecule has 2 aromatic carbocycles. The SMILES string of the molecule is COc1ccc([C@@H](NC(=O)c2ccco2)c2ccc(OC)c(OC)c2)cc1. The van der Waals surface area contributed by atoms with Crippen LogP contribution in [0.2, 0.25) is 0 Å². The summed E-state index contributed by atoms with van der Waals surface area (Å²) in [4.78, 5) is 12.6. The van der Waals surface area contributed by atoms with Gasteiger partial charge < -0.3 is 23.9 Å². The molecule has 1 N–H and O–H groups in total. The van der Waals surface area contributed by atoms with Crippen LogP contribution in [0.5, 0.6) is 17.2 Å². The van der Waals surface area contributed by atoms with Gasteiger partial charge in [0.15, 0.2) is 17.3 Å². The summed E-state index contributed by atoms with van der Waals surface area (Å²) < 4.78 is 21.1. The molecule has 0 aliphatic heterocycles. The molecule has 6 heteroatoms. The first kappa shape index (κ1) is 18.4. The zero-order chi connectivity index (χ0) is 19.2. The Morgan fingerprint density at radius 3 is 2.19 bits per heavy atom. The first-order chi connectivity index (χ1) is 13.2. The van der Waals surface area contributed by atoms with Crippen LogP contribution in [-0.4, -0.2) is 27.2 Å². The van der Waals surface area contributed by atoms with E-state index >= 15 is 0 Å². The largest absolute Gasteiger partial charge is 0.497 e. The quantitative estimate of drug-likeness (QED) is 0.687. The lowest BCUT2D eigenvalue weighted by Crippen LogP contribution is -2.29. The molecule has 3 rings (SSSR count). The molecule has 0 unspecified atom stereocenters. The van der Waals surface area contributed by atoms with Gasteiger partial charge in [-0.25, -0.2) is 0 Å². The van der Waals surface area contributed by atoms with E-state index in [2.05, 4.69) is 5.32 Å². The summed E-state index contributed by atoms with van der Waals surface area (Å²) >= 11 is 0. The smallest absolute Gasteiger partial charge is 0.287 e. The predicted molar refractivity (Wildman–Crippen MR) is 101 cm³/mol. The van der Waals surface area contributed by atoms with Crippen molar-refractivity contribution in [3.8, 4) is 17.2 Å². The molecule has 6 nitrogen and oxygen atoms in total. The molecule has 1 heterocycles. The van der Waals surface area contributed by atoms with E-state index in [0.717, 1.165) is 16.9 Å². The Bertz CT molecular complexity index is 887. The summed E-state index contributed by atoms with van der Waals surface area (Å²) in [5, 5.41) is 3.01. The van der Waals surface area contributed by atoms with Gasteiger partial charge in [-0.2, -0.15) is 0 Å². The van der Waals surface area contributed by atoms with E-state index < -0.39 is 6.04 Å². The fourth-order valence-electron chi connectivity index (χ4n) is 2.80. The number of hydrogen-bond donors (Lipinski definition) is 1. The lowest BCUT2D eigenvalue weighted by molar-refractivity contribution is 0.0915. The third kappa shape index (κ3) is 4.06. The number of methoxy groups -OCH3 is 3. The number of carbonyl (C=O) groups excluding carboxylic acids is 1. The van der Waals surface area contributed by atoms with Gasteiger partial charge in [0.05, 0.1) is 33.6 Å². The van der Waals surface area contributed by atoms with E-state index in [9.17, 15) is 4.79 Å². The molecular formula is C21H21NO5. The van der Waals surface area contributed by atoms with Crippen molar-refractivity contribution in [3.05, 3.63) is 77.7 Å². The van der Waals surface area contributed by atoms with Gasteiger partial charge in [-0.15, -0.1) is 0 Å². The minimum absolute atomic E-state index is 0.244. The Labute approximate surface area is 157 Å². The number of benzene rings is 2. The second-order valence-corrected chi connectivity index (χ2v) is 5.77. The highest BCUT2D eigenvalue weighted by atomic mass is 16.5. The van der Waals surface area contributed by atoms with E-state index in [0.29, 0.717) is 11.5 Å². The zero-order valence-electron chi connectivity index (χ0n) is 15.4. The van der Waals surface area contributed by atoms with Crippen LogP contribution in [0.1, 0.15) is 27.7 Å². The molecule has 140 valence electrons. The summed E-state index contributed by atoms with van der Waals surface area (Å²) in [6.07, 6.45) is 1.47. The summed E-state index contributed by atoms with van der Waals surface area (Å²) in [6, 6.07) is 15.9. The average Bonchev–Trinajstić information content (AvgIpc) is 3.26. The zero-order valence-corrected chi connectivity index (χ0v) is 15.4. The number of ether oxygens (including phenoxy) is 3. The molecule has 0 radical (unpaired) electrons. The van der Waals surface area contributed by atoms with Crippen LogP contribution in [0.4, 0.5) is 0 Å². The normalized spacial score (nSPS) is 11.5. The maximum atomic E-state index is 12.6. The first-order valence-corrected chi connectivity index (χ1v) is 8.36. The van der Waals surface area contributed by atoms with Crippen LogP contribution in [0.3, 0.4) is 0 Å². The average molecular weight is 367 g/mol. The maximum Gasteiger partial charge on any atom is 0.287 e. The van der Waals surface area contributed by atoms with Gasteiger partial charge in [0.1, 0.15) is 5.75 Å². The number of carbonyl (C=O) groups is 1. The van der Waals surface area contributed by atoms with Crippen molar-refractivity contribution in [1.82, 2.24) is 5.32 Å². The predicted octanol–water partition coefficient (Wildman–Crippen LogP) is 3.82. The van der Waals surface area contributed by atoms with E-state index in [4.69, 9.17) is 18.6 Å². The highest BCUT2D eigenvalue weighted by Gasteiger charge is 2.21. The van der Waals surface area contributed by atoms with Crippen molar-refractivity contribution < 1.29 is 23.4 Å². The Balaban J connectivity index is 1.99.